The molecule has 3 aromatic rings. The second-order valence-corrected chi connectivity index (χ2v) is 6.62. The lowest BCUT2D eigenvalue weighted by atomic mass is 10.2. The van der Waals surface area contributed by atoms with Gasteiger partial charge in [0.25, 0.3) is 5.91 Å². The largest absolute Gasteiger partial charge is 0.504 e. The van der Waals surface area contributed by atoms with Gasteiger partial charge in [0.1, 0.15) is 10.7 Å². The number of phenols is 1. The molecule has 1 heterocycles. The van der Waals surface area contributed by atoms with E-state index in [2.05, 4.69) is 15.5 Å². The van der Waals surface area contributed by atoms with Crippen LogP contribution in [-0.2, 0) is 0 Å². The maximum Gasteiger partial charge on any atom is 0.291 e. The number of nitrogens with one attached hydrogen (secondary N) is 1. The Hall–Kier alpha value is -3.19. The van der Waals surface area contributed by atoms with Gasteiger partial charge >= 0.3 is 0 Å². The number of aromatic nitrogens is 1. The minimum atomic E-state index is -0.372. The summed E-state index contributed by atoms with van der Waals surface area (Å²) in [5.74, 6) is 0.00581. The van der Waals surface area contributed by atoms with Crippen LogP contribution in [0.1, 0.15) is 20.9 Å². The summed E-state index contributed by atoms with van der Waals surface area (Å²) < 4.78 is 5.04. The normalized spacial score (nSPS) is 10.8. The quantitative estimate of drug-likeness (QED) is 0.533. The fourth-order valence-corrected chi connectivity index (χ4v) is 3.22. The van der Waals surface area contributed by atoms with E-state index in [9.17, 15) is 9.90 Å². The summed E-state index contributed by atoms with van der Waals surface area (Å²) in [6.45, 7) is 1.85. The average molecular weight is 367 g/mol. The molecule has 7 heteroatoms. The Morgan fingerprint density at radius 2 is 2.04 bits per heavy atom. The molecule has 0 radical (unpaired) electrons. The Bertz CT molecular complexity index is 952. The third-order valence-electron chi connectivity index (χ3n) is 3.62. The number of thiazole rings is 1. The summed E-state index contributed by atoms with van der Waals surface area (Å²) in [6, 6.07) is 14.5. The van der Waals surface area contributed by atoms with E-state index in [1.54, 1.807) is 12.1 Å². The van der Waals surface area contributed by atoms with Crippen LogP contribution in [0.5, 0.6) is 11.5 Å². The standard InChI is InChI=1S/C19H17N3O3S/c1-12-17(21-19(26-12)14-6-4-3-5-7-14)18(24)22-20-11-13-8-9-15(23)16(10-13)25-2/h3-11,23H,1-2H3,(H,22,24)/b20-11-. The lowest BCUT2D eigenvalue weighted by Gasteiger charge is -2.03. The first-order valence-corrected chi connectivity index (χ1v) is 8.63. The number of methoxy groups -OCH3 is 1. The molecule has 26 heavy (non-hydrogen) atoms. The van der Waals surface area contributed by atoms with Gasteiger partial charge in [-0.3, -0.25) is 4.79 Å². The molecule has 0 saturated carbocycles. The maximum absolute atomic E-state index is 12.3. The van der Waals surface area contributed by atoms with Crippen LogP contribution < -0.4 is 10.2 Å². The molecular formula is C19H17N3O3S. The number of phenolic OH excluding ortho intramolecular Hbond substituents is 1. The molecule has 3 rings (SSSR count). The van der Waals surface area contributed by atoms with Crippen LogP contribution in [-0.4, -0.2) is 29.3 Å². The van der Waals surface area contributed by atoms with Gasteiger partial charge in [0, 0.05) is 10.4 Å². The summed E-state index contributed by atoms with van der Waals surface area (Å²) in [5.41, 5.74) is 4.48. The first-order chi connectivity index (χ1) is 12.6. The highest BCUT2D eigenvalue weighted by Gasteiger charge is 2.15. The number of carbonyl (C=O) groups excluding carboxylic acids is 1. The van der Waals surface area contributed by atoms with E-state index in [4.69, 9.17) is 4.74 Å². The Morgan fingerprint density at radius 3 is 2.77 bits per heavy atom. The van der Waals surface area contributed by atoms with Crippen molar-refractivity contribution in [3.05, 3.63) is 64.7 Å². The Labute approximate surface area is 154 Å². The molecule has 6 nitrogen and oxygen atoms in total. The molecule has 0 aliphatic rings. The number of ether oxygens (including phenoxy) is 1. The lowest BCUT2D eigenvalue weighted by Crippen LogP contribution is -2.18. The van der Waals surface area contributed by atoms with Gasteiger partial charge in [-0.15, -0.1) is 11.3 Å². The van der Waals surface area contributed by atoms with Gasteiger partial charge < -0.3 is 9.84 Å². The van der Waals surface area contributed by atoms with Crippen molar-refractivity contribution in [2.45, 2.75) is 6.92 Å². The van der Waals surface area contributed by atoms with Crippen molar-refractivity contribution in [3.8, 4) is 22.1 Å². The maximum atomic E-state index is 12.3. The lowest BCUT2D eigenvalue weighted by molar-refractivity contribution is 0.0950. The van der Waals surface area contributed by atoms with Crippen LogP contribution in [0.15, 0.2) is 53.6 Å². The topological polar surface area (TPSA) is 83.8 Å². The van der Waals surface area contributed by atoms with Crippen LogP contribution in [0.25, 0.3) is 10.6 Å². The molecule has 0 spiro atoms. The molecule has 0 bridgehead atoms. The Balaban J connectivity index is 1.72. The summed E-state index contributed by atoms with van der Waals surface area (Å²) in [6.07, 6.45) is 1.47. The molecule has 1 amide bonds. The highest BCUT2D eigenvalue weighted by Crippen LogP contribution is 2.27. The van der Waals surface area contributed by atoms with Crippen LogP contribution in [0.3, 0.4) is 0 Å². The molecule has 0 aliphatic carbocycles. The van der Waals surface area contributed by atoms with Gasteiger partial charge in [-0.2, -0.15) is 5.10 Å². The predicted octanol–water partition coefficient (Wildman–Crippen LogP) is 3.60. The van der Waals surface area contributed by atoms with Gasteiger partial charge in [0.05, 0.1) is 13.3 Å². The van der Waals surface area contributed by atoms with Crippen LogP contribution >= 0.6 is 11.3 Å². The number of benzene rings is 2. The van der Waals surface area contributed by atoms with E-state index in [-0.39, 0.29) is 11.7 Å². The highest BCUT2D eigenvalue weighted by molar-refractivity contribution is 7.15. The SMILES string of the molecule is COc1cc(/C=N\NC(=O)c2nc(-c3ccccc3)sc2C)ccc1O. The summed E-state index contributed by atoms with van der Waals surface area (Å²) in [5, 5.41) is 14.3. The fourth-order valence-electron chi connectivity index (χ4n) is 2.30. The zero-order chi connectivity index (χ0) is 18.5. The van der Waals surface area contributed by atoms with Crippen LogP contribution in [0.2, 0.25) is 0 Å². The van der Waals surface area contributed by atoms with E-state index < -0.39 is 0 Å². The van der Waals surface area contributed by atoms with Crippen molar-refractivity contribution in [2.24, 2.45) is 5.10 Å². The van der Waals surface area contributed by atoms with Crippen molar-refractivity contribution in [3.63, 3.8) is 0 Å². The van der Waals surface area contributed by atoms with E-state index in [1.807, 2.05) is 37.3 Å². The third kappa shape index (κ3) is 3.89. The highest BCUT2D eigenvalue weighted by atomic mass is 32.1. The van der Waals surface area contributed by atoms with Crippen molar-refractivity contribution in [1.82, 2.24) is 10.4 Å². The summed E-state index contributed by atoms with van der Waals surface area (Å²) >= 11 is 1.46. The second kappa shape index (κ2) is 7.79. The van der Waals surface area contributed by atoms with E-state index >= 15 is 0 Å². The molecule has 0 fully saturated rings. The van der Waals surface area contributed by atoms with Gasteiger partial charge in [0.2, 0.25) is 0 Å². The van der Waals surface area contributed by atoms with Crippen LogP contribution in [0.4, 0.5) is 0 Å². The summed E-state index contributed by atoms with van der Waals surface area (Å²) in [4.78, 5) is 17.6. The number of hydrogen-bond acceptors (Lipinski definition) is 6. The molecule has 2 N–H and O–H groups in total. The summed E-state index contributed by atoms with van der Waals surface area (Å²) in [7, 11) is 1.47. The third-order valence-corrected chi connectivity index (χ3v) is 4.64. The van der Waals surface area contributed by atoms with Gasteiger partial charge in [-0.25, -0.2) is 10.4 Å². The van der Waals surface area contributed by atoms with E-state index in [1.165, 1.54) is 30.7 Å². The smallest absolute Gasteiger partial charge is 0.291 e. The molecule has 132 valence electrons. The molecule has 0 saturated heterocycles. The monoisotopic (exact) mass is 367 g/mol. The van der Waals surface area contributed by atoms with E-state index in [0.29, 0.717) is 17.0 Å². The number of amides is 1. The molecule has 0 aliphatic heterocycles. The zero-order valence-electron chi connectivity index (χ0n) is 14.3. The number of aryl methyl sites for hydroxylation is 1. The van der Waals surface area contributed by atoms with Gasteiger partial charge in [-0.05, 0) is 30.7 Å². The zero-order valence-corrected chi connectivity index (χ0v) is 15.1. The number of rotatable bonds is 5. The molecule has 1 aromatic heterocycles. The molecule has 0 atom stereocenters. The van der Waals surface area contributed by atoms with E-state index in [0.717, 1.165) is 15.4 Å². The first-order valence-electron chi connectivity index (χ1n) is 7.81. The number of aromatic hydroxyl groups is 1. The van der Waals surface area contributed by atoms with Gasteiger partial charge in [0.15, 0.2) is 11.5 Å². The Morgan fingerprint density at radius 1 is 1.27 bits per heavy atom. The Kier molecular flexibility index (Phi) is 5.28. The number of hydrazone groups is 1. The molecule has 0 unspecified atom stereocenters. The number of nitrogens with zero attached hydrogens (tertiary/aromatic N) is 2. The number of hydrogen-bond donors (Lipinski definition) is 2. The second-order valence-electron chi connectivity index (χ2n) is 5.42. The van der Waals surface area contributed by atoms with Gasteiger partial charge in [-0.1, -0.05) is 30.3 Å². The minimum Gasteiger partial charge on any atom is -0.504 e. The van der Waals surface area contributed by atoms with Crippen molar-refractivity contribution >= 4 is 23.5 Å². The van der Waals surface area contributed by atoms with Crippen LogP contribution in [0, 0.1) is 6.92 Å². The van der Waals surface area contributed by atoms with Crippen molar-refractivity contribution in [2.75, 3.05) is 7.11 Å². The predicted molar refractivity (Wildman–Crippen MR) is 102 cm³/mol. The molecular weight excluding hydrogens is 350 g/mol. The van der Waals surface area contributed by atoms with Crippen molar-refractivity contribution in [1.29, 1.82) is 0 Å². The van der Waals surface area contributed by atoms with Crippen molar-refractivity contribution < 1.29 is 14.6 Å². The minimum absolute atomic E-state index is 0.0419. The average Bonchev–Trinajstić information content (AvgIpc) is 3.05. The first kappa shape index (κ1) is 17.6. The number of carbonyl (C=O) groups is 1. The fraction of sp³-hybridized carbons (Fsp3) is 0.105. The molecule has 2 aromatic carbocycles.